The average Bonchev–Trinajstić information content (AvgIpc) is 2.27. The molecule has 1 rings (SSSR count). The Hall–Kier alpha value is -1.75. The van der Waals surface area contributed by atoms with Crippen LogP contribution in [0.1, 0.15) is 37.8 Å². The van der Waals surface area contributed by atoms with Crippen molar-refractivity contribution < 1.29 is 0 Å². The van der Waals surface area contributed by atoms with Gasteiger partial charge in [0.1, 0.15) is 0 Å². The first-order valence-corrected chi connectivity index (χ1v) is 5.03. The summed E-state index contributed by atoms with van der Waals surface area (Å²) in [6, 6.07) is 10.1. The van der Waals surface area contributed by atoms with Crippen molar-refractivity contribution in [1.29, 1.82) is 5.26 Å². The Kier molecular flexibility index (Phi) is 3.51. The summed E-state index contributed by atoms with van der Waals surface area (Å²) in [5, 5.41) is 8.72. The lowest BCUT2D eigenvalue weighted by molar-refractivity contribution is 0.866. The molecular weight excluding hydrogens is 184 g/mol. The molecule has 0 bridgehead atoms. The van der Waals surface area contributed by atoms with Gasteiger partial charge in [0.15, 0.2) is 0 Å². The molecule has 0 saturated heterocycles. The highest BCUT2D eigenvalue weighted by Gasteiger charge is 2.02. The molecule has 1 aromatic carbocycles. The molecule has 0 aliphatic heterocycles. The fraction of sp³-hybridized carbons (Fsp3) is 0.308. The molecule has 0 aromatic heterocycles. The minimum absolute atomic E-state index is 0.515. The molecule has 2 nitrogen and oxygen atoms in total. The van der Waals surface area contributed by atoms with E-state index >= 15 is 0 Å². The average molecular weight is 200 g/mol. The summed E-state index contributed by atoms with van der Waals surface area (Å²) in [4.78, 5) is 0. The maximum absolute atomic E-state index is 8.72. The zero-order valence-corrected chi connectivity index (χ0v) is 9.41. The monoisotopic (exact) mass is 200 g/mol. The molecule has 0 amide bonds. The van der Waals surface area contributed by atoms with Crippen LogP contribution in [0, 0.1) is 11.3 Å². The van der Waals surface area contributed by atoms with Gasteiger partial charge in [-0.05, 0) is 24.0 Å². The summed E-state index contributed by atoms with van der Waals surface area (Å²) in [7, 11) is 0. The number of hydrogen-bond donors (Lipinski definition) is 1. The normalized spacial score (nSPS) is 12.2. The first-order valence-electron chi connectivity index (χ1n) is 5.03. The van der Waals surface area contributed by atoms with E-state index in [1.54, 1.807) is 6.92 Å². The van der Waals surface area contributed by atoms with Crippen LogP contribution in [0.15, 0.2) is 29.8 Å². The number of nitrogens with two attached hydrogens (primary N) is 1. The highest BCUT2D eigenvalue weighted by Crippen LogP contribution is 2.18. The van der Waals surface area contributed by atoms with Crippen molar-refractivity contribution in [3.63, 3.8) is 0 Å². The Morgan fingerprint density at radius 3 is 2.20 bits per heavy atom. The van der Waals surface area contributed by atoms with Crippen molar-refractivity contribution in [1.82, 2.24) is 0 Å². The third-order valence-corrected chi connectivity index (χ3v) is 2.46. The zero-order valence-electron chi connectivity index (χ0n) is 9.41. The van der Waals surface area contributed by atoms with Crippen molar-refractivity contribution in [3.05, 3.63) is 41.0 Å². The molecule has 0 unspecified atom stereocenters. The summed E-state index contributed by atoms with van der Waals surface area (Å²) >= 11 is 0. The Labute approximate surface area is 91.0 Å². The van der Waals surface area contributed by atoms with Gasteiger partial charge in [0.05, 0.1) is 11.8 Å². The van der Waals surface area contributed by atoms with Crippen molar-refractivity contribution >= 4 is 5.70 Å². The molecule has 0 heterocycles. The first kappa shape index (κ1) is 11.3. The van der Waals surface area contributed by atoms with Crippen LogP contribution in [0.5, 0.6) is 0 Å². The van der Waals surface area contributed by atoms with E-state index in [2.05, 4.69) is 32.0 Å². The van der Waals surface area contributed by atoms with Gasteiger partial charge in [-0.3, -0.25) is 0 Å². The van der Waals surface area contributed by atoms with E-state index in [4.69, 9.17) is 11.0 Å². The number of nitrogens with zero attached hydrogens (tertiary/aromatic N) is 1. The summed E-state index contributed by atoms with van der Waals surface area (Å²) < 4.78 is 0. The molecule has 0 saturated carbocycles. The number of nitriles is 1. The number of benzene rings is 1. The predicted molar refractivity (Wildman–Crippen MR) is 62.9 cm³/mol. The molecule has 1 aromatic rings. The van der Waals surface area contributed by atoms with Crippen molar-refractivity contribution in [3.8, 4) is 6.07 Å². The van der Waals surface area contributed by atoms with Crippen LogP contribution in [0.25, 0.3) is 5.70 Å². The summed E-state index contributed by atoms with van der Waals surface area (Å²) in [5.41, 5.74) is 9.15. The molecule has 0 atom stereocenters. The van der Waals surface area contributed by atoms with Crippen molar-refractivity contribution in [2.75, 3.05) is 0 Å². The van der Waals surface area contributed by atoms with Crippen LogP contribution >= 0.6 is 0 Å². The number of allylic oxidation sites excluding steroid dienone is 1. The molecule has 0 radical (unpaired) electrons. The van der Waals surface area contributed by atoms with E-state index in [9.17, 15) is 0 Å². The van der Waals surface area contributed by atoms with E-state index in [-0.39, 0.29) is 0 Å². The largest absolute Gasteiger partial charge is 0.397 e. The minimum atomic E-state index is 0.515. The van der Waals surface area contributed by atoms with Gasteiger partial charge in [-0.1, -0.05) is 38.1 Å². The summed E-state index contributed by atoms with van der Waals surface area (Å²) in [5.74, 6) is 0.515. The fourth-order valence-electron chi connectivity index (χ4n) is 1.32. The molecule has 0 aliphatic rings. The maximum atomic E-state index is 8.72. The Bertz CT molecular complexity index is 405. The second-order valence-electron chi connectivity index (χ2n) is 3.93. The maximum Gasteiger partial charge on any atom is 0.0965 e. The standard InChI is InChI=1S/C13H16N2/c1-9(2)11-4-6-12(7-5-11)13(15)10(3)8-14/h4-7,9H,15H2,1-3H3/b13-10+. The Balaban J connectivity index is 3.06. The molecule has 2 N–H and O–H groups in total. The van der Waals surface area contributed by atoms with E-state index in [1.165, 1.54) is 5.56 Å². The molecule has 0 aliphatic carbocycles. The van der Waals surface area contributed by atoms with Gasteiger partial charge in [-0.2, -0.15) is 5.26 Å². The molecular formula is C13H16N2. The topological polar surface area (TPSA) is 49.8 Å². The van der Waals surface area contributed by atoms with Crippen LogP contribution in [-0.2, 0) is 0 Å². The Morgan fingerprint density at radius 2 is 1.80 bits per heavy atom. The van der Waals surface area contributed by atoms with Crippen LogP contribution in [-0.4, -0.2) is 0 Å². The molecule has 2 heteroatoms. The lowest BCUT2D eigenvalue weighted by Gasteiger charge is -2.07. The third-order valence-electron chi connectivity index (χ3n) is 2.46. The SMILES string of the molecule is C/C(C#N)=C(\N)c1ccc(C(C)C)cc1. The lowest BCUT2D eigenvalue weighted by Crippen LogP contribution is -1.99. The first-order chi connectivity index (χ1) is 7.06. The minimum Gasteiger partial charge on any atom is -0.397 e. The van der Waals surface area contributed by atoms with Crippen molar-refractivity contribution in [2.24, 2.45) is 5.73 Å². The van der Waals surface area contributed by atoms with E-state index in [0.29, 0.717) is 17.2 Å². The van der Waals surface area contributed by atoms with Gasteiger partial charge in [-0.15, -0.1) is 0 Å². The predicted octanol–water partition coefficient (Wildman–Crippen LogP) is 3.02. The molecule has 78 valence electrons. The van der Waals surface area contributed by atoms with Crippen LogP contribution in [0.2, 0.25) is 0 Å². The second kappa shape index (κ2) is 4.65. The van der Waals surface area contributed by atoms with Crippen LogP contribution in [0.4, 0.5) is 0 Å². The molecule has 0 spiro atoms. The number of rotatable bonds is 2. The van der Waals surface area contributed by atoms with Crippen molar-refractivity contribution in [2.45, 2.75) is 26.7 Å². The summed E-state index contributed by atoms with van der Waals surface area (Å²) in [6.07, 6.45) is 0. The molecule has 15 heavy (non-hydrogen) atoms. The van der Waals surface area contributed by atoms with Gasteiger partial charge >= 0.3 is 0 Å². The van der Waals surface area contributed by atoms with Gasteiger partial charge in [-0.25, -0.2) is 0 Å². The zero-order chi connectivity index (χ0) is 11.4. The number of hydrogen-bond acceptors (Lipinski definition) is 2. The van der Waals surface area contributed by atoms with Gasteiger partial charge < -0.3 is 5.73 Å². The summed E-state index contributed by atoms with van der Waals surface area (Å²) in [6.45, 7) is 6.02. The van der Waals surface area contributed by atoms with Gasteiger partial charge in [0.2, 0.25) is 0 Å². The van der Waals surface area contributed by atoms with E-state index < -0.39 is 0 Å². The van der Waals surface area contributed by atoms with Gasteiger partial charge in [0, 0.05) is 5.57 Å². The smallest absolute Gasteiger partial charge is 0.0965 e. The van der Waals surface area contributed by atoms with Crippen LogP contribution in [0.3, 0.4) is 0 Å². The van der Waals surface area contributed by atoms with Gasteiger partial charge in [0.25, 0.3) is 0 Å². The Morgan fingerprint density at radius 1 is 1.27 bits per heavy atom. The molecule has 0 fully saturated rings. The lowest BCUT2D eigenvalue weighted by atomic mass is 10.00. The highest BCUT2D eigenvalue weighted by molar-refractivity contribution is 5.68. The second-order valence-corrected chi connectivity index (χ2v) is 3.93. The fourth-order valence-corrected chi connectivity index (χ4v) is 1.32. The van der Waals surface area contributed by atoms with E-state index in [1.807, 2.05) is 12.1 Å². The third kappa shape index (κ3) is 2.60. The quantitative estimate of drug-likeness (QED) is 0.746. The van der Waals surface area contributed by atoms with Crippen LogP contribution < -0.4 is 5.73 Å². The highest BCUT2D eigenvalue weighted by atomic mass is 14.6. The van der Waals surface area contributed by atoms with E-state index in [0.717, 1.165) is 5.56 Å².